The average molecular weight is 302 g/mol. The first-order valence-electron chi connectivity index (χ1n) is 6.64. The van der Waals surface area contributed by atoms with E-state index in [2.05, 4.69) is 4.98 Å². The molecule has 3 aromatic rings. The van der Waals surface area contributed by atoms with E-state index in [4.69, 9.17) is 11.6 Å². The van der Waals surface area contributed by atoms with Crippen LogP contribution in [-0.2, 0) is 6.42 Å². The predicted octanol–water partition coefficient (Wildman–Crippen LogP) is 4.23. The van der Waals surface area contributed by atoms with Crippen molar-refractivity contribution in [3.63, 3.8) is 0 Å². The Morgan fingerprint density at radius 1 is 1.10 bits per heavy atom. The third-order valence-electron chi connectivity index (χ3n) is 3.37. The number of hydrogen-bond acceptors (Lipinski definition) is 2. The number of fused-ring (bicyclic) bond motifs is 1. The largest absolute Gasteiger partial charge is 0.396 e. The Hall–Kier alpha value is -1.97. The molecule has 0 fully saturated rings. The molecule has 0 spiro atoms. The molecule has 0 unspecified atom stereocenters. The van der Waals surface area contributed by atoms with Crippen LogP contribution in [0.25, 0.3) is 22.0 Å². The van der Waals surface area contributed by atoms with Gasteiger partial charge < -0.3 is 5.11 Å². The molecular weight excluding hydrogens is 289 g/mol. The van der Waals surface area contributed by atoms with Crippen LogP contribution in [0.5, 0.6) is 0 Å². The van der Waals surface area contributed by atoms with E-state index >= 15 is 0 Å². The van der Waals surface area contributed by atoms with Crippen LogP contribution < -0.4 is 0 Å². The summed E-state index contributed by atoms with van der Waals surface area (Å²) in [6, 6.07) is 13.8. The molecule has 21 heavy (non-hydrogen) atoms. The van der Waals surface area contributed by atoms with Crippen LogP contribution >= 0.6 is 11.6 Å². The zero-order valence-corrected chi connectivity index (χ0v) is 11.9. The zero-order chi connectivity index (χ0) is 14.8. The average Bonchev–Trinajstić information content (AvgIpc) is 2.47. The molecule has 4 heteroatoms. The van der Waals surface area contributed by atoms with Crippen LogP contribution in [0.4, 0.5) is 4.39 Å². The van der Waals surface area contributed by atoms with Gasteiger partial charge in [-0.25, -0.2) is 4.39 Å². The molecule has 2 aromatic carbocycles. The third kappa shape index (κ3) is 2.75. The highest BCUT2D eigenvalue weighted by Crippen LogP contribution is 2.30. The minimum atomic E-state index is -0.304. The quantitative estimate of drug-likeness (QED) is 0.785. The molecule has 1 N–H and O–H groups in total. The van der Waals surface area contributed by atoms with Gasteiger partial charge in [-0.2, -0.15) is 0 Å². The van der Waals surface area contributed by atoms with Crippen molar-refractivity contribution in [3.05, 3.63) is 65.1 Å². The van der Waals surface area contributed by atoms with E-state index in [0.717, 1.165) is 27.7 Å². The van der Waals surface area contributed by atoms with Gasteiger partial charge in [-0.05, 0) is 35.9 Å². The Labute approximate surface area is 126 Å². The van der Waals surface area contributed by atoms with E-state index in [1.807, 2.05) is 24.3 Å². The number of aliphatic hydroxyl groups excluding tert-OH is 1. The summed E-state index contributed by atoms with van der Waals surface area (Å²) < 4.78 is 13.5. The molecule has 0 aliphatic rings. The fourth-order valence-corrected chi connectivity index (χ4v) is 2.63. The number of pyridine rings is 1. The summed E-state index contributed by atoms with van der Waals surface area (Å²) in [6.45, 7) is -0.0125. The molecule has 1 aromatic heterocycles. The fourth-order valence-electron chi connectivity index (χ4n) is 2.40. The fraction of sp³-hybridized carbons (Fsp3) is 0.118. The lowest BCUT2D eigenvalue weighted by molar-refractivity contribution is 0.298. The van der Waals surface area contributed by atoms with Gasteiger partial charge in [0.05, 0.1) is 11.2 Å². The van der Waals surface area contributed by atoms with Gasteiger partial charge in [-0.1, -0.05) is 29.8 Å². The van der Waals surface area contributed by atoms with Gasteiger partial charge in [-0.15, -0.1) is 0 Å². The van der Waals surface area contributed by atoms with Crippen LogP contribution in [0, 0.1) is 5.82 Å². The number of aliphatic hydroxyl groups is 1. The highest BCUT2D eigenvalue weighted by molar-refractivity contribution is 6.35. The highest BCUT2D eigenvalue weighted by Gasteiger charge is 2.11. The molecule has 0 amide bonds. The Bertz CT molecular complexity index is 804. The minimum Gasteiger partial charge on any atom is -0.396 e. The van der Waals surface area contributed by atoms with Crippen LogP contribution in [0.1, 0.15) is 5.69 Å². The maximum Gasteiger partial charge on any atom is 0.123 e. The Morgan fingerprint density at radius 2 is 1.90 bits per heavy atom. The molecule has 0 atom stereocenters. The maximum atomic E-state index is 13.5. The highest BCUT2D eigenvalue weighted by atomic mass is 35.5. The molecule has 0 aliphatic carbocycles. The summed E-state index contributed by atoms with van der Waals surface area (Å²) in [7, 11) is 0. The third-order valence-corrected chi connectivity index (χ3v) is 3.70. The lowest BCUT2D eigenvalue weighted by Gasteiger charge is -2.11. The van der Waals surface area contributed by atoms with Crippen LogP contribution in [0.15, 0.2) is 48.5 Å². The van der Waals surface area contributed by atoms with Crippen molar-refractivity contribution in [1.29, 1.82) is 0 Å². The summed E-state index contributed by atoms with van der Waals surface area (Å²) in [6.07, 6.45) is 0.411. The molecule has 3 rings (SSSR count). The minimum absolute atomic E-state index is 0.0125. The van der Waals surface area contributed by atoms with Gasteiger partial charge >= 0.3 is 0 Å². The molecule has 0 aliphatic heterocycles. The van der Waals surface area contributed by atoms with E-state index in [-0.39, 0.29) is 12.4 Å². The summed E-state index contributed by atoms with van der Waals surface area (Å²) >= 11 is 6.21. The number of benzene rings is 2. The standard InChI is InChI=1S/C17H13ClFNO/c18-15-5-2-6-16-14(15)10-13(17(20-16)7-8-21)11-3-1-4-12(19)9-11/h1-6,9-10,21H,7-8H2. The summed E-state index contributed by atoms with van der Waals surface area (Å²) in [5, 5.41) is 10.7. The normalized spacial score (nSPS) is 11.0. The topological polar surface area (TPSA) is 33.1 Å². The van der Waals surface area contributed by atoms with Crippen molar-refractivity contribution in [3.8, 4) is 11.1 Å². The van der Waals surface area contributed by atoms with Crippen LogP contribution in [0.3, 0.4) is 0 Å². The van der Waals surface area contributed by atoms with Crippen molar-refractivity contribution in [2.75, 3.05) is 6.61 Å². The number of rotatable bonds is 3. The van der Waals surface area contributed by atoms with Crippen molar-refractivity contribution >= 4 is 22.5 Å². The second-order valence-electron chi connectivity index (χ2n) is 4.77. The number of aromatic nitrogens is 1. The van der Waals surface area contributed by atoms with Gasteiger partial charge in [0.25, 0.3) is 0 Å². The van der Waals surface area contributed by atoms with Gasteiger partial charge in [0, 0.05) is 29.0 Å². The van der Waals surface area contributed by atoms with E-state index in [0.29, 0.717) is 11.4 Å². The molecule has 2 nitrogen and oxygen atoms in total. The molecule has 0 saturated carbocycles. The number of nitrogens with zero attached hydrogens (tertiary/aromatic N) is 1. The Balaban J connectivity index is 2.28. The van der Waals surface area contributed by atoms with Gasteiger partial charge in [0.15, 0.2) is 0 Å². The SMILES string of the molecule is OCCc1nc2cccc(Cl)c2cc1-c1cccc(F)c1. The van der Waals surface area contributed by atoms with Crippen molar-refractivity contribution in [1.82, 2.24) is 4.98 Å². The predicted molar refractivity (Wildman–Crippen MR) is 82.9 cm³/mol. The first kappa shape index (κ1) is 14.0. The van der Waals surface area contributed by atoms with E-state index in [1.165, 1.54) is 12.1 Å². The first-order chi connectivity index (χ1) is 10.2. The summed E-state index contributed by atoms with van der Waals surface area (Å²) in [4.78, 5) is 4.56. The number of hydrogen-bond donors (Lipinski definition) is 1. The van der Waals surface area contributed by atoms with E-state index in [9.17, 15) is 9.50 Å². The zero-order valence-electron chi connectivity index (χ0n) is 11.2. The second kappa shape index (κ2) is 5.80. The summed E-state index contributed by atoms with van der Waals surface area (Å²) in [5.74, 6) is -0.304. The van der Waals surface area contributed by atoms with Crippen molar-refractivity contribution < 1.29 is 9.50 Å². The Kier molecular flexibility index (Phi) is 3.86. The first-order valence-corrected chi connectivity index (χ1v) is 7.02. The van der Waals surface area contributed by atoms with Crippen molar-refractivity contribution in [2.24, 2.45) is 0 Å². The molecular formula is C17H13ClFNO. The second-order valence-corrected chi connectivity index (χ2v) is 5.18. The van der Waals surface area contributed by atoms with Gasteiger partial charge in [0.1, 0.15) is 5.82 Å². The number of halogens is 2. The van der Waals surface area contributed by atoms with Crippen LogP contribution in [0.2, 0.25) is 5.02 Å². The molecule has 0 radical (unpaired) electrons. The smallest absolute Gasteiger partial charge is 0.123 e. The lowest BCUT2D eigenvalue weighted by Crippen LogP contribution is -1.99. The van der Waals surface area contributed by atoms with Gasteiger partial charge in [0.2, 0.25) is 0 Å². The van der Waals surface area contributed by atoms with E-state index < -0.39 is 0 Å². The van der Waals surface area contributed by atoms with E-state index in [1.54, 1.807) is 12.1 Å². The monoisotopic (exact) mass is 301 g/mol. The maximum absolute atomic E-state index is 13.5. The Morgan fingerprint density at radius 3 is 2.67 bits per heavy atom. The molecule has 0 bridgehead atoms. The molecule has 0 saturated heterocycles. The van der Waals surface area contributed by atoms with Crippen LogP contribution in [-0.4, -0.2) is 16.7 Å². The lowest BCUT2D eigenvalue weighted by atomic mass is 10.00. The summed E-state index contributed by atoms with van der Waals surface area (Å²) in [5.41, 5.74) is 3.03. The molecule has 106 valence electrons. The molecule has 1 heterocycles. The van der Waals surface area contributed by atoms with Gasteiger partial charge in [-0.3, -0.25) is 4.98 Å². The van der Waals surface area contributed by atoms with Crippen molar-refractivity contribution in [2.45, 2.75) is 6.42 Å².